The van der Waals surface area contributed by atoms with Crippen LogP contribution in [-0.4, -0.2) is 5.54 Å². The molecule has 0 amide bonds. The molecule has 0 spiro atoms. The number of benzene rings is 2. The first kappa shape index (κ1) is 19.8. The van der Waals surface area contributed by atoms with Gasteiger partial charge in [0.05, 0.1) is 0 Å². The average Bonchev–Trinajstić information content (AvgIpc) is 2.97. The van der Waals surface area contributed by atoms with E-state index in [-0.39, 0.29) is 5.54 Å². The molecule has 2 aromatic carbocycles. The molecule has 2 aromatic rings. The van der Waals surface area contributed by atoms with Crippen LogP contribution in [0.2, 0.25) is 0 Å². The third-order valence-electron chi connectivity index (χ3n) is 3.91. The van der Waals surface area contributed by atoms with Crippen molar-refractivity contribution in [3.05, 3.63) is 82.2 Å². The topological polar surface area (TPSA) is 14.1 Å². The predicted octanol–water partition coefficient (Wildman–Crippen LogP) is 6.89. The summed E-state index contributed by atoms with van der Waals surface area (Å²) in [4.78, 5) is 0. The van der Waals surface area contributed by atoms with Gasteiger partial charge >= 0.3 is 35.6 Å². The Hall–Kier alpha value is -0.566. The monoisotopic (exact) mass is 394 g/mol. The molecule has 0 N–H and O–H groups in total. The first-order valence-electron chi connectivity index (χ1n) is 7.96. The molecule has 0 aromatic heterocycles. The van der Waals surface area contributed by atoms with Gasteiger partial charge in [0.15, 0.2) is 0 Å². The molecule has 0 radical (unpaired) electrons. The summed E-state index contributed by atoms with van der Waals surface area (Å²) >= 11 is -0.556. The first-order chi connectivity index (χ1) is 11.5. The van der Waals surface area contributed by atoms with Crippen LogP contribution in [0.5, 0.6) is 0 Å². The Morgan fingerprint density at radius 3 is 2.21 bits per heavy atom. The first-order valence-corrected chi connectivity index (χ1v) is 12.3. The molecule has 1 nitrogen and oxygen atoms in total. The zero-order valence-electron chi connectivity index (χ0n) is 14.3. The van der Waals surface area contributed by atoms with E-state index in [1.807, 2.05) is 0 Å². The number of fused-ring (bicyclic) bond motifs is 1. The van der Waals surface area contributed by atoms with Crippen LogP contribution in [-0.2, 0) is 23.6 Å². The van der Waals surface area contributed by atoms with Crippen molar-refractivity contribution in [3.63, 3.8) is 0 Å². The second kappa shape index (κ2) is 9.22. The Labute approximate surface area is 162 Å². The molecule has 1 unspecified atom stereocenters. The zero-order valence-corrected chi connectivity index (χ0v) is 17.3. The van der Waals surface area contributed by atoms with Crippen LogP contribution in [0.1, 0.15) is 48.9 Å². The van der Waals surface area contributed by atoms with Crippen molar-refractivity contribution in [2.45, 2.75) is 38.8 Å². The van der Waals surface area contributed by atoms with Crippen molar-refractivity contribution < 1.29 is 17.0 Å². The van der Waals surface area contributed by atoms with Gasteiger partial charge in [-0.1, -0.05) is 87.0 Å². The van der Waals surface area contributed by atoms with E-state index in [4.69, 9.17) is 23.9 Å². The predicted molar refractivity (Wildman–Crippen MR) is 102 cm³/mol. The van der Waals surface area contributed by atoms with Crippen LogP contribution in [0.4, 0.5) is 0 Å². The maximum absolute atomic E-state index is 4.89. The Bertz CT molecular complexity index is 692. The van der Waals surface area contributed by atoms with E-state index in [0.29, 0.717) is 5.92 Å². The van der Waals surface area contributed by atoms with Crippen molar-refractivity contribution in [1.29, 1.82) is 0 Å². The van der Waals surface area contributed by atoms with Gasteiger partial charge in [0, 0.05) is 5.92 Å². The average molecular weight is 395 g/mol. The van der Waals surface area contributed by atoms with Gasteiger partial charge in [-0.15, -0.1) is 12.1 Å². The van der Waals surface area contributed by atoms with E-state index >= 15 is 0 Å². The van der Waals surface area contributed by atoms with Gasteiger partial charge < -0.3 is 5.32 Å². The van der Waals surface area contributed by atoms with Crippen LogP contribution in [0.15, 0.2) is 54.6 Å². The number of allylic oxidation sites excluding steroid dienone is 1. The van der Waals surface area contributed by atoms with E-state index < -0.39 is 17.0 Å². The van der Waals surface area contributed by atoms with Gasteiger partial charge in [0.2, 0.25) is 0 Å². The number of hydrogen-bond donors (Lipinski definition) is 0. The van der Waals surface area contributed by atoms with Gasteiger partial charge in [-0.3, -0.25) is 0 Å². The Morgan fingerprint density at radius 1 is 0.958 bits per heavy atom. The normalized spacial score (nSPS) is 15.5. The van der Waals surface area contributed by atoms with Gasteiger partial charge in [0.25, 0.3) is 0 Å². The molecule has 0 bridgehead atoms. The summed E-state index contributed by atoms with van der Waals surface area (Å²) in [5, 5.41) is 4.79. The SMILES string of the molecule is CC(C)(C)[N-]Cc1ccccc1C1C=Cc2ccccc21.[Cl][Ti][Cl]. The molecule has 1 aliphatic carbocycles. The van der Waals surface area contributed by atoms with Gasteiger partial charge in [-0.2, -0.15) is 0 Å². The third-order valence-corrected chi connectivity index (χ3v) is 3.91. The number of rotatable bonds is 3. The minimum absolute atomic E-state index is 0.0105. The van der Waals surface area contributed by atoms with Crippen molar-refractivity contribution in [3.8, 4) is 0 Å². The van der Waals surface area contributed by atoms with Gasteiger partial charge in [-0.05, 0) is 16.7 Å². The molecule has 0 saturated heterocycles. The summed E-state index contributed by atoms with van der Waals surface area (Å²) in [6.07, 6.45) is 4.54. The molecule has 3 rings (SSSR count). The molecule has 0 saturated carbocycles. The number of nitrogens with zero attached hydrogens (tertiary/aromatic N) is 1. The molecule has 0 aliphatic heterocycles. The van der Waals surface area contributed by atoms with E-state index in [0.717, 1.165) is 6.54 Å². The van der Waals surface area contributed by atoms with E-state index in [1.165, 1.54) is 22.3 Å². The summed E-state index contributed by atoms with van der Waals surface area (Å²) in [6.45, 7) is 7.24. The van der Waals surface area contributed by atoms with E-state index in [2.05, 4.69) is 81.5 Å². The second-order valence-corrected chi connectivity index (χ2v) is 9.30. The van der Waals surface area contributed by atoms with E-state index in [1.54, 1.807) is 0 Å². The summed E-state index contributed by atoms with van der Waals surface area (Å²) < 4.78 is 0. The van der Waals surface area contributed by atoms with Crippen molar-refractivity contribution in [2.24, 2.45) is 0 Å². The van der Waals surface area contributed by atoms with Gasteiger partial charge in [0.1, 0.15) is 0 Å². The van der Waals surface area contributed by atoms with Crippen LogP contribution in [0, 0.1) is 0 Å². The maximum atomic E-state index is 4.89. The van der Waals surface area contributed by atoms with Crippen LogP contribution in [0.25, 0.3) is 11.4 Å². The summed E-state index contributed by atoms with van der Waals surface area (Å²) in [5.41, 5.74) is 5.47. The number of hydrogen-bond acceptors (Lipinski definition) is 0. The molecule has 0 fully saturated rings. The Morgan fingerprint density at radius 2 is 1.54 bits per heavy atom. The summed E-state index contributed by atoms with van der Waals surface area (Å²) in [7, 11) is 9.78. The summed E-state index contributed by atoms with van der Waals surface area (Å²) in [6, 6.07) is 17.3. The molecule has 0 heterocycles. The molecule has 4 heteroatoms. The Balaban J connectivity index is 0.000000647. The fourth-order valence-electron chi connectivity index (χ4n) is 2.82. The molecule has 1 atom stereocenters. The van der Waals surface area contributed by atoms with Crippen molar-refractivity contribution in [1.82, 2.24) is 0 Å². The fraction of sp³-hybridized carbons (Fsp3) is 0.300. The van der Waals surface area contributed by atoms with Gasteiger partial charge in [-0.25, -0.2) is 0 Å². The van der Waals surface area contributed by atoms with Crippen molar-refractivity contribution in [2.75, 3.05) is 0 Å². The zero-order chi connectivity index (χ0) is 17.6. The third kappa shape index (κ3) is 5.47. The van der Waals surface area contributed by atoms with E-state index in [9.17, 15) is 0 Å². The standard InChI is InChI=1S/C20H22N.2ClH.Ti/c1-20(2,3)21-14-16-9-5-7-11-18(16)19-13-12-15-8-4-6-10-17(15)19;;;/h4-13,19H,14H2,1-3H3;2*1H;/q-1;;;+2/p-2. The van der Waals surface area contributed by atoms with Crippen molar-refractivity contribution >= 4 is 24.7 Å². The fourth-order valence-corrected chi connectivity index (χ4v) is 2.82. The molecule has 1 aliphatic rings. The molecule has 24 heavy (non-hydrogen) atoms. The second-order valence-electron chi connectivity index (χ2n) is 6.72. The molecular weight excluding hydrogens is 373 g/mol. The van der Waals surface area contributed by atoms with Crippen LogP contribution < -0.4 is 0 Å². The van der Waals surface area contributed by atoms with Crippen LogP contribution >= 0.6 is 18.6 Å². The minimum atomic E-state index is -0.556. The quantitative estimate of drug-likeness (QED) is 0.503. The van der Waals surface area contributed by atoms with Crippen LogP contribution in [0.3, 0.4) is 0 Å². The Kier molecular flexibility index (Phi) is 7.59. The molecule has 126 valence electrons. The molecular formula is C20H22Cl2NTi-. The summed E-state index contributed by atoms with van der Waals surface area (Å²) in [5.74, 6) is 0.368. The number of halogens is 2.